The highest BCUT2D eigenvalue weighted by Crippen LogP contribution is 2.33. The van der Waals surface area contributed by atoms with Crippen LogP contribution < -0.4 is 10.6 Å². The molecule has 0 amide bonds. The van der Waals surface area contributed by atoms with E-state index in [2.05, 4.69) is 22.0 Å². The van der Waals surface area contributed by atoms with Crippen molar-refractivity contribution in [2.75, 3.05) is 11.4 Å². The fourth-order valence-electron chi connectivity index (χ4n) is 2.62. The Hall–Kier alpha value is -1.94. The van der Waals surface area contributed by atoms with Gasteiger partial charge in [0.15, 0.2) is 0 Å². The molecule has 2 heterocycles. The molecular formula is C15H16FN3. The van der Waals surface area contributed by atoms with Crippen LogP contribution in [-0.4, -0.2) is 11.5 Å². The predicted molar refractivity (Wildman–Crippen MR) is 73.9 cm³/mol. The Bertz CT molecular complexity index is 598. The third-order valence-corrected chi connectivity index (χ3v) is 3.50. The Labute approximate surface area is 111 Å². The van der Waals surface area contributed by atoms with Gasteiger partial charge in [-0.15, -0.1) is 0 Å². The number of benzene rings is 1. The van der Waals surface area contributed by atoms with E-state index in [0.29, 0.717) is 6.54 Å². The van der Waals surface area contributed by atoms with E-state index in [-0.39, 0.29) is 5.82 Å². The number of rotatable bonds is 2. The molecule has 0 bridgehead atoms. The van der Waals surface area contributed by atoms with E-state index < -0.39 is 0 Å². The van der Waals surface area contributed by atoms with Crippen LogP contribution in [0.5, 0.6) is 0 Å². The van der Waals surface area contributed by atoms with Gasteiger partial charge in [0.1, 0.15) is 11.6 Å². The lowest BCUT2D eigenvalue weighted by molar-refractivity contribution is 0.617. The lowest BCUT2D eigenvalue weighted by Gasteiger charge is -2.31. The molecule has 0 radical (unpaired) electrons. The second-order valence-corrected chi connectivity index (χ2v) is 4.72. The second kappa shape index (κ2) is 4.97. The van der Waals surface area contributed by atoms with Crippen molar-refractivity contribution in [3.8, 4) is 0 Å². The molecule has 1 aromatic carbocycles. The van der Waals surface area contributed by atoms with E-state index in [9.17, 15) is 4.39 Å². The summed E-state index contributed by atoms with van der Waals surface area (Å²) in [5.74, 6) is 0.436. The average molecular weight is 257 g/mol. The van der Waals surface area contributed by atoms with Gasteiger partial charge >= 0.3 is 0 Å². The number of halogens is 1. The molecule has 3 nitrogen and oxygen atoms in total. The minimum Gasteiger partial charge on any atom is -0.326 e. The molecule has 0 atom stereocenters. The lowest BCUT2D eigenvalue weighted by Crippen LogP contribution is -2.26. The zero-order valence-electron chi connectivity index (χ0n) is 10.6. The number of aryl methyl sites for hydroxylation is 1. The van der Waals surface area contributed by atoms with Crippen LogP contribution in [0.15, 0.2) is 36.5 Å². The molecule has 2 N–H and O–H groups in total. The summed E-state index contributed by atoms with van der Waals surface area (Å²) in [6.07, 6.45) is 3.40. The summed E-state index contributed by atoms with van der Waals surface area (Å²) >= 11 is 0. The highest BCUT2D eigenvalue weighted by Gasteiger charge is 2.20. The van der Waals surface area contributed by atoms with Crippen LogP contribution in [0, 0.1) is 5.82 Å². The first-order chi connectivity index (χ1) is 9.29. The summed E-state index contributed by atoms with van der Waals surface area (Å²) in [5, 5.41) is 0. The normalized spacial score (nSPS) is 14.3. The molecule has 0 spiro atoms. The van der Waals surface area contributed by atoms with Gasteiger partial charge in [-0.2, -0.15) is 0 Å². The number of fused-ring (bicyclic) bond motifs is 1. The van der Waals surface area contributed by atoms with Crippen molar-refractivity contribution in [1.82, 2.24) is 4.98 Å². The van der Waals surface area contributed by atoms with Crippen LogP contribution in [0.1, 0.15) is 17.5 Å². The van der Waals surface area contributed by atoms with Crippen LogP contribution in [0.25, 0.3) is 0 Å². The fourth-order valence-corrected chi connectivity index (χ4v) is 2.62. The minimum atomic E-state index is -0.338. The van der Waals surface area contributed by atoms with Crippen LogP contribution >= 0.6 is 0 Å². The minimum absolute atomic E-state index is 0.290. The van der Waals surface area contributed by atoms with Crippen molar-refractivity contribution in [1.29, 1.82) is 0 Å². The van der Waals surface area contributed by atoms with E-state index in [1.807, 2.05) is 12.1 Å². The van der Waals surface area contributed by atoms with Gasteiger partial charge in [0.2, 0.25) is 0 Å². The zero-order valence-corrected chi connectivity index (χ0v) is 10.6. The van der Waals surface area contributed by atoms with Gasteiger partial charge in [-0.05, 0) is 30.5 Å². The van der Waals surface area contributed by atoms with Crippen LogP contribution in [-0.2, 0) is 13.0 Å². The molecule has 19 heavy (non-hydrogen) atoms. The fraction of sp³-hybridized carbons (Fsp3) is 0.267. The Morgan fingerprint density at radius 1 is 1.32 bits per heavy atom. The Balaban J connectivity index is 2.09. The topological polar surface area (TPSA) is 42.1 Å². The summed E-state index contributed by atoms with van der Waals surface area (Å²) in [4.78, 5) is 6.38. The highest BCUT2D eigenvalue weighted by atomic mass is 19.1. The molecule has 0 saturated carbocycles. The van der Waals surface area contributed by atoms with E-state index >= 15 is 0 Å². The van der Waals surface area contributed by atoms with Crippen molar-refractivity contribution >= 4 is 11.5 Å². The number of para-hydroxylation sites is 1. The Morgan fingerprint density at radius 3 is 3.00 bits per heavy atom. The molecule has 0 fully saturated rings. The molecule has 1 aliphatic rings. The van der Waals surface area contributed by atoms with Gasteiger partial charge in [0.25, 0.3) is 0 Å². The van der Waals surface area contributed by atoms with Gasteiger partial charge in [0.05, 0.1) is 6.20 Å². The maximum atomic E-state index is 13.3. The number of anilines is 2. The Kier molecular flexibility index (Phi) is 3.17. The first kappa shape index (κ1) is 12.1. The molecule has 0 saturated heterocycles. The molecule has 2 aromatic rings. The lowest BCUT2D eigenvalue weighted by atomic mass is 10.0. The third kappa shape index (κ3) is 2.19. The largest absolute Gasteiger partial charge is 0.326 e. The van der Waals surface area contributed by atoms with Crippen molar-refractivity contribution < 1.29 is 4.39 Å². The van der Waals surface area contributed by atoms with Gasteiger partial charge < -0.3 is 10.6 Å². The Morgan fingerprint density at radius 2 is 2.16 bits per heavy atom. The molecular weight excluding hydrogens is 241 g/mol. The maximum absolute atomic E-state index is 13.3. The molecule has 1 aromatic heterocycles. The van der Waals surface area contributed by atoms with E-state index in [1.54, 1.807) is 0 Å². The van der Waals surface area contributed by atoms with Crippen molar-refractivity contribution in [3.05, 3.63) is 53.5 Å². The molecule has 98 valence electrons. The molecule has 0 aliphatic carbocycles. The molecule has 4 heteroatoms. The highest BCUT2D eigenvalue weighted by molar-refractivity contribution is 5.67. The first-order valence-corrected chi connectivity index (χ1v) is 6.49. The van der Waals surface area contributed by atoms with E-state index in [0.717, 1.165) is 36.5 Å². The number of pyridine rings is 1. The van der Waals surface area contributed by atoms with E-state index in [1.165, 1.54) is 17.8 Å². The number of hydrogen-bond donors (Lipinski definition) is 1. The maximum Gasteiger partial charge on any atom is 0.141 e. The van der Waals surface area contributed by atoms with Crippen LogP contribution in [0.3, 0.4) is 0 Å². The smallest absolute Gasteiger partial charge is 0.141 e. The molecule has 3 rings (SSSR count). The van der Waals surface area contributed by atoms with E-state index in [4.69, 9.17) is 5.73 Å². The number of nitrogens with zero attached hydrogens (tertiary/aromatic N) is 2. The number of aromatic nitrogens is 1. The van der Waals surface area contributed by atoms with Gasteiger partial charge in [-0.3, -0.25) is 0 Å². The van der Waals surface area contributed by atoms with Crippen LogP contribution in [0.4, 0.5) is 15.9 Å². The monoisotopic (exact) mass is 257 g/mol. The van der Waals surface area contributed by atoms with Crippen molar-refractivity contribution in [3.63, 3.8) is 0 Å². The summed E-state index contributed by atoms with van der Waals surface area (Å²) < 4.78 is 13.3. The second-order valence-electron chi connectivity index (χ2n) is 4.72. The predicted octanol–water partition coefficient (Wildman–Crippen LogP) is 2.76. The van der Waals surface area contributed by atoms with Gasteiger partial charge in [-0.1, -0.05) is 18.2 Å². The van der Waals surface area contributed by atoms with Gasteiger partial charge in [0, 0.05) is 24.3 Å². The first-order valence-electron chi connectivity index (χ1n) is 6.49. The summed E-state index contributed by atoms with van der Waals surface area (Å²) in [7, 11) is 0. The number of nitrogens with two attached hydrogens (primary N) is 1. The SMILES string of the molecule is NCc1cc(F)cnc1N1CCCc2ccccc21. The summed E-state index contributed by atoms with van der Waals surface area (Å²) in [6, 6.07) is 9.75. The van der Waals surface area contributed by atoms with Crippen molar-refractivity contribution in [2.45, 2.75) is 19.4 Å². The third-order valence-electron chi connectivity index (χ3n) is 3.50. The number of hydrogen-bond acceptors (Lipinski definition) is 3. The summed E-state index contributed by atoms with van der Waals surface area (Å²) in [6.45, 7) is 1.18. The summed E-state index contributed by atoms with van der Waals surface area (Å²) in [5.41, 5.74) is 8.92. The quantitative estimate of drug-likeness (QED) is 0.899. The zero-order chi connectivity index (χ0) is 13.2. The average Bonchev–Trinajstić information content (AvgIpc) is 2.46. The molecule has 1 aliphatic heterocycles. The van der Waals surface area contributed by atoms with Crippen LogP contribution in [0.2, 0.25) is 0 Å². The van der Waals surface area contributed by atoms with Crippen molar-refractivity contribution in [2.24, 2.45) is 5.73 Å². The standard InChI is InChI=1S/C15H16FN3/c16-13-8-12(9-17)15(18-10-13)19-7-3-5-11-4-1-2-6-14(11)19/h1-2,4,6,8,10H,3,5,7,9,17H2. The van der Waals surface area contributed by atoms with Gasteiger partial charge in [-0.25, -0.2) is 9.37 Å². The molecule has 0 unspecified atom stereocenters.